The van der Waals surface area contributed by atoms with Crippen LogP contribution in [-0.2, 0) is 11.3 Å². The molecule has 0 N–H and O–H groups in total. The number of Topliss-reactive ketones (excluding diaryl/α,β-unsaturated/α-hetero) is 1. The number of thiazole rings is 1. The minimum atomic E-state index is 0.151. The van der Waals surface area contributed by atoms with Gasteiger partial charge >= 0.3 is 0 Å². The molecule has 0 bridgehead atoms. The maximum atomic E-state index is 12.3. The summed E-state index contributed by atoms with van der Waals surface area (Å²) >= 11 is 3.19. The molecule has 3 rings (SSSR count). The van der Waals surface area contributed by atoms with Crippen LogP contribution in [0.5, 0.6) is 0 Å². The molecule has 0 aliphatic carbocycles. The Bertz CT molecular complexity index is 595. The Morgan fingerprint density at radius 1 is 1.52 bits per heavy atom. The molecular weight excluding hydrogens is 304 g/mol. The average molecular weight is 322 g/mol. The van der Waals surface area contributed by atoms with Crippen molar-refractivity contribution in [3.05, 3.63) is 38.5 Å². The van der Waals surface area contributed by atoms with E-state index in [9.17, 15) is 4.79 Å². The van der Waals surface area contributed by atoms with E-state index in [1.807, 2.05) is 24.4 Å². The van der Waals surface area contributed by atoms with Crippen molar-refractivity contribution in [3.8, 4) is 0 Å². The van der Waals surface area contributed by atoms with E-state index in [-0.39, 0.29) is 11.8 Å². The number of thiophene rings is 1. The molecule has 6 heteroatoms. The van der Waals surface area contributed by atoms with Crippen LogP contribution in [0.25, 0.3) is 0 Å². The fourth-order valence-electron chi connectivity index (χ4n) is 2.49. The third-order valence-corrected chi connectivity index (χ3v) is 5.43. The number of aromatic nitrogens is 1. The Balaban J connectivity index is 1.65. The van der Waals surface area contributed by atoms with E-state index >= 15 is 0 Å². The molecule has 21 heavy (non-hydrogen) atoms. The van der Waals surface area contributed by atoms with Crippen molar-refractivity contribution >= 4 is 28.5 Å². The molecule has 1 atom stereocenters. The standard InChI is InChI=1S/C15H18N2O2S2/c1-11-10-21-15(16-11)8-17-4-5-19-9-12(17)7-13(18)14-3-2-6-20-14/h2-3,6,10,12H,4-5,7-9H2,1H3/t12-/m0/s1. The maximum Gasteiger partial charge on any atom is 0.174 e. The van der Waals surface area contributed by atoms with Crippen molar-refractivity contribution in [1.82, 2.24) is 9.88 Å². The number of ether oxygens (including phenoxy) is 1. The maximum absolute atomic E-state index is 12.3. The normalized spacial score (nSPS) is 19.8. The third-order valence-electron chi connectivity index (χ3n) is 3.57. The van der Waals surface area contributed by atoms with Crippen molar-refractivity contribution in [1.29, 1.82) is 0 Å². The molecule has 3 heterocycles. The molecule has 0 spiro atoms. The van der Waals surface area contributed by atoms with Gasteiger partial charge in [0.2, 0.25) is 0 Å². The monoisotopic (exact) mass is 322 g/mol. The van der Waals surface area contributed by atoms with E-state index in [1.54, 1.807) is 11.3 Å². The Hall–Kier alpha value is -1.08. The van der Waals surface area contributed by atoms with Gasteiger partial charge in [-0.25, -0.2) is 4.98 Å². The second-order valence-electron chi connectivity index (χ2n) is 5.19. The van der Waals surface area contributed by atoms with Crippen LogP contribution >= 0.6 is 22.7 Å². The van der Waals surface area contributed by atoms with E-state index in [0.29, 0.717) is 13.0 Å². The first kappa shape index (κ1) is 14.8. The van der Waals surface area contributed by atoms with Gasteiger partial charge < -0.3 is 4.74 Å². The summed E-state index contributed by atoms with van der Waals surface area (Å²) in [5.41, 5.74) is 1.06. The summed E-state index contributed by atoms with van der Waals surface area (Å²) in [5.74, 6) is 0.209. The fourth-order valence-corrected chi connectivity index (χ4v) is 3.96. The lowest BCUT2D eigenvalue weighted by Crippen LogP contribution is -2.45. The lowest BCUT2D eigenvalue weighted by Gasteiger charge is -2.34. The number of ketones is 1. The summed E-state index contributed by atoms with van der Waals surface area (Å²) in [4.78, 5) is 20.0. The average Bonchev–Trinajstić information content (AvgIpc) is 3.13. The Morgan fingerprint density at radius 2 is 2.43 bits per heavy atom. The van der Waals surface area contributed by atoms with Gasteiger partial charge in [0.25, 0.3) is 0 Å². The highest BCUT2D eigenvalue weighted by Crippen LogP contribution is 2.20. The number of morpholine rings is 1. The molecule has 4 nitrogen and oxygen atoms in total. The lowest BCUT2D eigenvalue weighted by atomic mass is 10.1. The number of rotatable bonds is 5. The predicted molar refractivity (Wildman–Crippen MR) is 85.1 cm³/mol. The zero-order valence-electron chi connectivity index (χ0n) is 11.9. The van der Waals surface area contributed by atoms with Crippen molar-refractivity contribution in [2.24, 2.45) is 0 Å². The summed E-state index contributed by atoms with van der Waals surface area (Å²) in [7, 11) is 0. The summed E-state index contributed by atoms with van der Waals surface area (Å²) in [5, 5.41) is 5.13. The van der Waals surface area contributed by atoms with E-state index in [0.717, 1.165) is 35.3 Å². The van der Waals surface area contributed by atoms with E-state index in [1.165, 1.54) is 11.3 Å². The zero-order chi connectivity index (χ0) is 14.7. The highest BCUT2D eigenvalue weighted by Gasteiger charge is 2.26. The lowest BCUT2D eigenvalue weighted by molar-refractivity contribution is -0.0125. The van der Waals surface area contributed by atoms with Gasteiger partial charge in [0.1, 0.15) is 5.01 Å². The quantitative estimate of drug-likeness (QED) is 0.794. The zero-order valence-corrected chi connectivity index (χ0v) is 13.6. The first-order chi connectivity index (χ1) is 10.2. The SMILES string of the molecule is Cc1csc(CN2CCOC[C@@H]2CC(=O)c2cccs2)n1. The van der Waals surface area contributed by atoms with Gasteiger partial charge in [0, 0.05) is 30.1 Å². The first-order valence-corrected chi connectivity index (χ1v) is 8.78. The summed E-state index contributed by atoms with van der Waals surface area (Å²) < 4.78 is 5.57. The Kier molecular flexibility index (Phi) is 4.80. The summed E-state index contributed by atoms with van der Waals surface area (Å²) in [6.07, 6.45) is 0.519. The van der Waals surface area contributed by atoms with Gasteiger partial charge in [-0.2, -0.15) is 0 Å². The Morgan fingerprint density at radius 3 is 3.14 bits per heavy atom. The van der Waals surface area contributed by atoms with Gasteiger partial charge in [-0.3, -0.25) is 9.69 Å². The van der Waals surface area contributed by atoms with Gasteiger partial charge in [-0.05, 0) is 18.4 Å². The molecule has 112 valence electrons. The van der Waals surface area contributed by atoms with Gasteiger partial charge in [0.15, 0.2) is 5.78 Å². The molecule has 1 aliphatic heterocycles. The predicted octanol–water partition coefficient (Wildman–Crippen LogP) is 2.99. The highest BCUT2D eigenvalue weighted by molar-refractivity contribution is 7.12. The van der Waals surface area contributed by atoms with Gasteiger partial charge in [-0.1, -0.05) is 6.07 Å². The molecule has 0 unspecified atom stereocenters. The topological polar surface area (TPSA) is 42.4 Å². The van der Waals surface area contributed by atoms with E-state index < -0.39 is 0 Å². The molecule has 2 aromatic rings. The minimum Gasteiger partial charge on any atom is -0.378 e. The minimum absolute atomic E-state index is 0.151. The van der Waals surface area contributed by atoms with Crippen LogP contribution in [0.3, 0.4) is 0 Å². The second kappa shape index (κ2) is 6.79. The molecular formula is C15H18N2O2S2. The van der Waals surface area contributed by atoms with Crippen molar-refractivity contribution < 1.29 is 9.53 Å². The molecule has 0 radical (unpaired) electrons. The number of nitrogens with zero attached hydrogens (tertiary/aromatic N) is 2. The summed E-state index contributed by atoms with van der Waals surface area (Å²) in [6.45, 7) is 5.04. The van der Waals surface area contributed by atoms with Gasteiger partial charge in [0.05, 0.1) is 24.6 Å². The van der Waals surface area contributed by atoms with Crippen LogP contribution in [0, 0.1) is 6.92 Å². The van der Waals surface area contributed by atoms with Gasteiger partial charge in [-0.15, -0.1) is 22.7 Å². The van der Waals surface area contributed by atoms with Crippen LogP contribution < -0.4 is 0 Å². The van der Waals surface area contributed by atoms with Crippen LogP contribution in [0.1, 0.15) is 26.8 Å². The number of hydrogen-bond acceptors (Lipinski definition) is 6. The summed E-state index contributed by atoms with van der Waals surface area (Å²) in [6, 6.07) is 3.97. The first-order valence-electron chi connectivity index (χ1n) is 7.02. The highest BCUT2D eigenvalue weighted by atomic mass is 32.1. The van der Waals surface area contributed by atoms with Crippen molar-refractivity contribution in [2.75, 3.05) is 19.8 Å². The number of aryl methyl sites for hydroxylation is 1. The molecule has 1 aliphatic rings. The largest absolute Gasteiger partial charge is 0.378 e. The van der Waals surface area contributed by atoms with Crippen LogP contribution in [0.15, 0.2) is 22.9 Å². The molecule has 0 aromatic carbocycles. The molecule has 0 saturated carbocycles. The molecule has 1 fully saturated rings. The van der Waals surface area contributed by atoms with Crippen LogP contribution in [0.4, 0.5) is 0 Å². The van der Waals surface area contributed by atoms with Crippen molar-refractivity contribution in [2.45, 2.75) is 25.9 Å². The molecule has 1 saturated heterocycles. The van der Waals surface area contributed by atoms with Crippen molar-refractivity contribution in [3.63, 3.8) is 0 Å². The smallest absolute Gasteiger partial charge is 0.174 e. The van der Waals surface area contributed by atoms with Crippen LogP contribution in [-0.4, -0.2) is 41.5 Å². The number of carbonyl (C=O) groups excluding carboxylic acids is 1. The number of hydrogen-bond donors (Lipinski definition) is 0. The fraction of sp³-hybridized carbons (Fsp3) is 0.467. The number of carbonyl (C=O) groups is 1. The molecule has 2 aromatic heterocycles. The second-order valence-corrected chi connectivity index (χ2v) is 7.08. The third kappa shape index (κ3) is 3.77. The Labute approximate surface area is 132 Å². The van der Waals surface area contributed by atoms with Crippen LogP contribution in [0.2, 0.25) is 0 Å². The molecule has 0 amide bonds. The van der Waals surface area contributed by atoms with E-state index in [2.05, 4.69) is 15.3 Å². The van der Waals surface area contributed by atoms with E-state index in [4.69, 9.17) is 4.74 Å².